The van der Waals surface area contributed by atoms with Crippen molar-refractivity contribution in [3.05, 3.63) is 12.2 Å². The highest BCUT2D eigenvalue weighted by atomic mass is 16.5. The fraction of sp³-hybridized carbons (Fsp3) is 0.947. The first-order valence-electron chi connectivity index (χ1n) is 37.9. The van der Waals surface area contributed by atoms with Crippen LogP contribution in [0.4, 0.5) is 0 Å². The fourth-order valence-corrected chi connectivity index (χ4v) is 12.3. The van der Waals surface area contributed by atoms with Gasteiger partial charge in [-0.05, 0) is 51.4 Å². The summed E-state index contributed by atoms with van der Waals surface area (Å²) >= 11 is 0. The fourth-order valence-electron chi connectivity index (χ4n) is 12.3. The van der Waals surface area contributed by atoms with E-state index in [0.717, 1.165) is 38.5 Å². The first-order valence-corrected chi connectivity index (χ1v) is 37.9. The Morgan fingerprint density at radius 1 is 0.329 bits per heavy atom. The maximum absolute atomic E-state index is 12.6. The van der Waals surface area contributed by atoms with Crippen molar-refractivity contribution in [3.8, 4) is 0 Å². The summed E-state index contributed by atoms with van der Waals surface area (Å²) in [4.78, 5) is 24.6. The van der Waals surface area contributed by atoms with Gasteiger partial charge in [0.15, 0.2) is 0 Å². The van der Waals surface area contributed by atoms with Gasteiger partial charge in [-0.25, -0.2) is 0 Å². The number of amides is 1. The van der Waals surface area contributed by atoms with Gasteiger partial charge < -0.3 is 20.3 Å². The number of allylic oxidation sites excluding steroid dienone is 2. The molecule has 0 bridgehead atoms. The number of hydrogen-bond donors (Lipinski definition) is 3. The molecule has 0 radical (unpaired) electrons. The quantitative estimate of drug-likeness (QED) is 0.0320. The Kier molecular flexibility index (Phi) is 70.8. The first-order chi connectivity index (χ1) is 40.5. The van der Waals surface area contributed by atoms with E-state index in [1.165, 1.54) is 366 Å². The molecular formula is C76H149NO5. The molecule has 0 spiro atoms. The zero-order valence-electron chi connectivity index (χ0n) is 56.0. The smallest absolute Gasteiger partial charge is 0.305 e. The molecule has 1 amide bonds. The summed E-state index contributed by atoms with van der Waals surface area (Å²) in [6.45, 7) is 5.00. The molecule has 0 rings (SSSR count). The second kappa shape index (κ2) is 72.1. The van der Waals surface area contributed by atoms with Crippen LogP contribution in [0.1, 0.15) is 438 Å². The second-order valence-corrected chi connectivity index (χ2v) is 26.3. The Hall–Kier alpha value is -1.40. The summed E-state index contributed by atoms with van der Waals surface area (Å²) in [5.41, 5.74) is 0. The van der Waals surface area contributed by atoms with Crippen LogP contribution >= 0.6 is 0 Å². The molecule has 0 aliphatic heterocycles. The van der Waals surface area contributed by atoms with E-state index in [-0.39, 0.29) is 18.5 Å². The summed E-state index contributed by atoms with van der Waals surface area (Å²) in [6, 6.07) is -0.540. The first kappa shape index (κ1) is 80.6. The topological polar surface area (TPSA) is 95.9 Å². The summed E-state index contributed by atoms with van der Waals surface area (Å²) < 4.78 is 5.49. The molecule has 0 aromatic rings. The van der Waals surface area contributed by atoms with Crippen LogP contribution in [-0.4, -0.2) is 47.4 Å². The van der Waals surface area contributed by atoms with Crippen molar-refractivity contribution in [1.29, 1.82) is 0 Å². The molecule has 0 saturated carbocycles. The number of esters is 1. The Morgan fingerprint density at radius 2 is 0.573 bits per heavy atom. The molecule has 0 fully saturated rings. The van der Waals surface area contributed by atoms with E-state index in [2.05, 4.69) is 31.3 Å². The van der Waals surface area contributed by atoms with Crippen LogP contribution in [-0.2, 0) is 14.3 Å². The van der Waals surface area contributed by atoms with Gasteiger partial charge in [-0.15, -0.1) is 0 Å². The van der Waals surface area contributed by atoms with Crippen molar-refractivity contribution in [3.63, 3.8) is 0 Å². The molecule has 2 unspecified atom stereocenters. The lowest BCUT2D eigenvalue weighted by Crippen LogP contribution is -2.45. The number of carbonyl (C=O) groups is 2. The Bertz CT molecular complexity index is 1240. The van der Waals surface area contributed by atoms with Crippen LogP contribution in [0.15, 0.2) is 12.2 Å². The highest BCUT2D eigenvalue weighted by molar-refractivity contribution is 5.76. The monoisotopic (exact) mass is 1160 g/mol. The zero-order chi connectivity index (χ0) is 59.2. The maximum atomic E-state index is 12.6. The standard InChI is InChI=1S/C76H149NO5/c1-3-5-7-9-11-13-15-17-18-19-20-33-36-39-42-45-48-52-56-60-64-68-74(79)73(72-78)77-75(80)69-65-61-57-53-49-46-43-40-37-34-31-29-27-25-23-21-22-24-26-28-30-32-35-38-41-44-47-51-55-59-63-67-71-82-76(81)70-66-62-58-54-50-16-14-12-10-8-6-4-2/h24,26,73-74,78-79H,3-23,25,27-72H2,1-2H3,(H,77,80)/b26-24-. The minimum Gasteiger partial charge on any atom is -0.466 e. The van der Waals surface area contributed by atoms with E-state index >= 15 is 0 Å². The number of nitrogens with one attached hydrogen (secondary N) is 1. The van der Waals surface area contributed by atoms with Crippen molar-refractivity contribution in [2.24, 2.45) is 0 Å². The molecule has 0 aromatic carbocycles. The van der Waals surface area contributed by atoms with Crippen LogP contribution in [0, 0.1) is 0 Å². The Morgan fingerprint density at radius 3 is 0.866 bits per heavy atom. The lowest BCUT2D eigenvalue weighted by Gasteiger charge is -2.22. The van der Waals surface area contributed by atoms with E-state index in [4.69, 9.17) is 4.74 Å². The van der Waals surface area contributed by atoms with Crippen molar-refractivity contribution in [2.75, 3.05) is 13.2 Å². The van der Waals surface area contributed by atoms with Crippen LogP contribution in [0.3, 0.4) is 0 Å². The summed E-state index contributed by atoms with van der Waals surface area (Å²) in [5.74, 6) is -0.00695. The molecule has 82 heavy (non-hydrogen) atoms. The highest BCUT2D eigenvalue weighted by Gasteiger charge is 2.20. The summed E-state index contributed by atoms with van der Waals surface area (Å²) in [6.07, 6.45) is 90.0. The van der Waals surface area contributed by atoms with Gasteiger partial charge in [0.05, 0.1) is 25.4 Å². The average Bonchev–Trinajstić information content (AvgIpc) is 3.48. The Labute approximate surface area is 514 Å². The molecule has 0 saturated heterocycles. The molecular weight excluding hydrogens is 1010 g/mol. The van der Waals surface area contributed by atoms with E-state index in [1.807, 2.05) is 0 Å². The lowest BCUT2D eigenvalue weighted by molar-refractivity contribution is -0.143. The number of aliphatic hydroxyl groups excluding tert-OH is 2. The molecule has 6 heteroatoms. The molecule has 3 N–H and O–H groups in total. The van der Waals surface area contributed by atoms with Crippen LogP contribution in [0.2, 0.25) is 0 Å². The van der Waals surface area contributed by atoms with Gasteiger partial charge in [0.2, 0.25) is 5.91 Å². The molecule has 0 aliphatic carbocycles. The third-order valence-electron chi connectivity index (χ3n) is 18.1. The number of carbonyl (C=O) groups excluding carboxylic acids is 2. The van der Waals surface area contributed by atoms with Gasteiger partial charge in [-0.2, -0.15) is 0 Å². The number of aliphatic hydroxyl groups is 2. The van der Waals surface area contributed by atoms with E-state index in [1.54, 1.807) is 0 Å². The molecule has 0 aromatic heterocycles. The van der Waals surface area contributed by atoms with Crippen LogP contribution < -0.4 is 5.32 Å². The normalized spacial score (nSPS) is 12.5. The highest BCUT2D eigenvalue weighted by Crippen LogP contribution is 2.20. The minimum atomic E-state index is -0.663. The molecule has 6 nitrogen and oxygen atoms in total. The second-order valence-electron chi connectivity index (χ2n) is 26.3. The Balaban J connectivity index is 3.35. The van der Waals surface area contributed by atoms with E-state index in [0.29, 0.717) is 25.9 Å². The zero-order valence-corrected chi connectivity index (χ0v) is 56.0. The predicted octanol–water partition coefficient (Wildman–Crippen LogP) is 24.7. The number of unbranched alkanes of at least 4 members (excludes halogenated alkanes) is 59. The van der Waals surface area contributed by atoms with Gasteiger partial charge in [-0.3, -0.25) is 9.59 Å². The number of rotatable bonds is 72. The van der Waals surface area contributed by atoms with Crippen LogP contribution in [0.5, 0.6) is 0 Å². The molecule has 0 heterocycles. The van der Waals surface area contributed by atoms with Crippen molar-refractivity contribution < 1.29 is 24.5 Å². The number of ether oxygens (including phenoxy) is 1. The largest absolute Gasteiger partial charge is 0.466 e. The minimum absolute atomic E-state index is 0.0200. The molecule has 488 valence electrons. The number of hydrogen-bond acceptors (Lipinski definition) is 5. The maximum Gasteiger partial charge on any atom is 0.305 e. The average molecular weight is 1160 g/mol. The lowest BCUT2D eigenvalue weighted by atomic mass is 10.0. The van der Waals surface area contributed by atoms with Crippen molar-refractivity contribution >= 4 is 11.9 Å². The van der Waals surface area contributed by atoms with Crippen molar-refractivity contribution in [1.82, 2.24) is 5.32 Å². The predicted molar refractivity (Wildman–Crippen MR) is 361 cm³/mol. The van der Waals surface area contributed by atoms with Gasteiger partial charge in [0, 0.05) is 12.8 Å². The molecule has 0 aliphatic rings. The van der Waals surface area contributed by atoms with Crippen molar-refractivity contribution in [2.45, 2.75) is 450 Å². The third kappa shape index (κ3) is 67.7. The third-order valence-corrected chi connectivity index (χ3v) is 18.1. The van der Waals surface area contributed by atoms with Gasteiger partial charge in [0.1, 0.15) is 0 Å². The van der Waals surface area contributed by atoms with E-state index < -0.39 is 12.1 Å². The van der Waals surface area contributed by atoms with Crippen LogP contribution in [0.25, 0.3) is 0 Å². The van der Waals surface area contributed by atoms with Gasteiger partial charge in [0.25, 0.3) is 0 Å². The van der Waals surface area contributed by atoms with E-state index in [9.17, 15) is 19.8 Å². The van der Waals surface area contributed by atoms with Gasteiger partial charge >= 0.3 is 5.97 Å². The van der Waals surface area contributed by atoms with Gasteiger partial charge in [-0.1, -0.05) is 386 Å². The molecule has 2 atom stereocenters. The SMILES string of the molecule is CCCCCCCCCCCCCCCCCCCCCCCC(O)C(CO)NC(=O)CCCCCCCCCCCCCCCCCC/C=C\CCCCCCCCCCCCCCOC(=O)CCCCCCCCCCCCCC. The summed E-state index contributed by atoms with van der Waals surface area (Å²) in [7, 11) is 0. The summed E-state index contributed by atoms with van der Waals surface area (Å²) in [5, 5.41) is 23.4.